The third-order valence-corrected chi connectivity index (χ3v) is 2.36. The van der Waals surface area contributed by atoms with Gasteiger partial charge in [-0.2, -0.15) is 0 Å². The standard InChI is InChI=1S/C10H21N3O/c1-9(2)8-13-10(14)4-3-6-12(13)7-5-11/h9H,3-8,11H2,1-2H3. The van der Waals surface area contributed by atoms with E-state index < -0.39 is 0 Å². The van der Waals surface area contributed by atoms with Crippen LogP contribution in [0.1, 0.15) is 26.7 Å². The minimum absolute atomic E-state index is 0.249. The van der Waals surface area contributed by atoms with Gasteiger partial charge in [0, 0.05) is 32.6 Å². The topological polar surface area (TPSA) is 49.6 Å². The van der Waals surface area contributed by atoms with Gasteiger partial charge in [-0.25, -0.2) is 5.01 Å². The van der Waals surface area contributed by atoms with E-state index in [1.165, 1.54) is 0 Å². The fraction of sp³-hybridized carbons (Fsp3) is 0.900. The van der Waals surface area contributed by atoms with E-state index in [9.17, 15) is 4.79 Å². The first-order valence-corrected chi connectivity index (χ1v) is 5.40. The lowest BCUT2D eigenvalue weighted by molar-refractivity contribution is -0.156. The predicted octanol–water partition coefficient (Wildman–Crippen LogP) is 0.441. The number of hydrazine groups is 1. The van der Waals surface area contributed by atoms with Crippen molar-refractivity contribution in [3.63, 3.8) is 0 Å². The van der Waals surface area contributed by atoms with Crippen molar-refractivity contribution in [2.24, 2.45) is 11.7 Å². The smallest absolute Gasteiger partial charge is 0.236 e. The molecule has 1 rings (SSSR count). The van der Waals surface area contributed by atoms with Crippen LogP contribution in [0.15, 0.2) is 0 Å². The lowest BCUT2D eigenvalue weighted by Crippen LogP contribution is -2.53. The van der Waals surface area contributed by atoms with Gasteiger partial charge in [0.05, 0.1) is 0 Å². The van der Waals surface area contributed by atoms with Crippen LogP contribution in [-0.4, -0.2) is 42.1 Å². The first kappa shape index (κ1) is 11.5. The Morgan fingerprint density at radius 3 is 2.79 bits per heavy atom. The number of hydrogen-bond acceptors (Lipinski definition) is 3. The summed E-state index contributed by atoms with van der Waals surface area (Å²) in [5.74, 6) is 0.760. The maximum absolute atomic E-state index is 11.7. The highest BCUT2D eigenvalue weighted by Gasteiger charge is 2.25. The van der Waals surface area contributed by atoms with Crippen molar-refractivity contribution in [1.82, 2.24) is 10.0 Å². The minimum atomic E-state index is 0.249. The molecule has 4 heteroatoms. The largest absolute Gasteiger partial charge is 0.329 e. The van der Waals surface area contributed by atoms with Crippen molar-refractivity contribution in [1.29, 1.82) is 0 Å². The molecule has 0 saturated carbocycles. The van der Waals surface area contributed by atoms with E-state index in [-0.39, 0.29) is 5.91 Å². The molecule has 1 aliphatic rings. The molecule has 0 aromatic heterocycles. The fourth-order valence-electron chi connectivity index (χ4n) is 1.76. The summed E-state index contributed by atoms with van der Waals surface area (Å²) in [7, 11) is 0. The molecule has 0 aromatic rings. The summed E-state index contributed by atoms with van der Waals surface area (Å²) in [6.07, 6.45) is 1.65. The maximum atomic E-state index is 11.7. The summed E-state index contributed by atoms with van der Waals surface area (Å²) in [5.41, 5.74) is 5.52. The molecular formula is C10H21N3O. The Hall–Kier alpha value is -0.610. The van der Waals surface area contributed by atoms with Crippen LogP contribution in [0.2, 0.25) is 0 Å². The van der Waals surface area contributed by atoms with E-state index in [0.29, 0.717) is 18.9 Å². The van der Waals surface area contributed by atoms with Crippen LogP contribution in [0.5, 0.6) is 0 Å². The molecule has 82 valence electrons. The number of rotatable bonds is 4. The number of carbonyl (C=O) groups is 1. The summed E-state index contributed by atoms with van der Waals surface area (Å²) in [6, 6.07) is 0. The molecule has 2 N–H and O–H groups in total. The van der Waals surface area contributed by atoms with Gasteiger partial charge in [-0.15, -0.1) is 0 Å². The molecule has 0 spiro atoms. The van der Waals surface area contributed by atoms with E-state index in [0.717, 1.165) is 26.1 Å². The van der Waals surface area contributed by atoms with Crippen LogP contribution in [0.3, 0.4) is 0 Å². The van der Waals surface area contributed by atoms with Gasteiger partial charge in [-0.05, 0) is 12.3 Å². The Bertz CT molecular complexity index is 192. The summed E-state index contributed by atoms with van der Waals surface area (Å²) in [6.45, 7) is 7.44. The van der Waals surface area contributed by atoms with Crippen LogP contribution < -0.4 is 5.73 Å². The molecule has 1 heterocycles. The van der Waals surface area contributed by atoms with Gasteiger partial charge in [0.15, 0.2) is 0 Å². The zero-order valence-corrected chi connectivity index (χ0v) is 9.20. The van der Waals surface area contributed by atoms with Crippen molar-refractivity contribution in [2.75, 3.05) is 26.2 Å². The molecule has 1 amide bonds. The van der Waals surface area contributed by atoms with Gasteiger partial charge in [0.1, 0.15) is 0 Å². The van der Waals surface area contributed by atoms with Crippen molar-refractivity contribution in [3.8, 4) is 0 Å². The highest BCUT2D eigenvalue weighted by molar-refractivity contribution is 5.76. The molecule has 0 aliphatic carbocycles. The third-order valence-electron chi connectivity index (χ3n) is 2.36. The SMILES string of the molecule is CC(C)CN1C(=O)CCCN1CCN. The number of amides is 1. The zero-order valence-electron chi connectivity index (χ0n) is 9.20. The summed E-state index contributed by atoms with van der Waals surface area (Å²) < 4.78 is 0. The van der Waals surface area contributed by atoms with Crippen LogP contribution in [0.4, 0.5) is 0 Å². The second kappa shape index (κ2) is 5.32. The maximum Gasteiger partial charge on any atom is 0.236 e. The number of hydrogen-bond donors (Lipinski definition) is 1. The lowest BCUT2D eigenvalue weighted by atomic mass is 10.2. The molecule has 4 nitrogen and oxygen atoms in total. The monoisotopic (exact) mass is 199 g/mol. The van der Waals surface area contributed by atoms with E-state index >= 15 is 0 Å². The van der Waals surface area contributed by atoms with E-state index in [4.69, 9.17) is 5.73 Å². The highest BCUT2D eigenvalue weighted by Crippen LogP contribution is 2.13. The van der Waals surface area contributed by atoms with E-state index in [1.807, 2.05) is 5.01 Å². The first-order chi connectivity index (χ1) is 6.65. The normalized spacial score (nSPS) is 19.4. The predicted molar refractivity (Wildman–Crippen MR) is 56.4 cm³/mol. The Labute approximate surface area is 86.0 Å². The average molecular weight is 199 g/mol. The van der Waals surface area contributed by atoms with Crippen molar-refractivity contribution in [3.05, 3.63) is 0 Å². The van der Waals surface area contributed by atoms with Gasteiger partial charge >= 0.3 is 0 Å². The van der Waals surface area contributed by atoms with Crippen molar-refractivity contribution >= 4 is 5.91 Å². The first-order valence-electron chi connectivity index (χ1n) is 5.40. The average Bonchev–Trinajstić information content (AvgIpc) is 2.11. The Balaban J connectivity index is 2.56. The molecule has 1 aliphatic heterocycles. The van der Waals surface area contributed by atoms with Crippen LogP contribution in [0.25, 0.3) is 0 Å². The second-order valence-electron chi connectivity index (χ2n) is 4.22. The Kier molecular flexibility index (Phi) is 4.35. The minimum Gasteiger partial charge on any atom is -0.329 e. The van der Waals surface area contributed by atoms with Crippen LogP contribution in [-0.2, 0) is 4.79 Å². The van der Waals surface area contributed by atoms with Crippen molar-refractivity contribution in [2.45, 2.75) is 26.7 Å². The molecule has 14 heavy (non-hydrogen) atoms. The number of carbonyl (C=O) groups excluding carboxylic acids is 1. The summed E-state index contributed by atoms with van der Waals surface area (Å²) >= 11 is 0. The molecule has 0 unspecified atom stereocenters. The van der Waals surface area contributed by atoms with Gasteiger partial charge < -0.3 is 5.73 Å². The number of nitrogens with zero attached hydrogens (tertiary/aromatic N) is 2. The van der Waals surface area contributed by atoms with Crippen molar-refractivity contribution < 1.29 is 4.79 Å². The van der Waals surface area contributed by atoms with Crippen LogP contribution in [0, 0.1) is 5.92 Å². The Morgan fingerprint density at radius 2 is 2.21 bits per heavy atom. The third kappa shape index (κ3) is 2.96. The van der Waals surface area contributed by atoms with Gasteiger partial charge in [0.25, 0.3) is 0 Å². The highest BCUT2D eigenvalue weighted by atomic mass is 16.2. The molecule has 0 radical (unpaired) electrons. The molecular weight excluding hydrogens is 178 g/mol. The van der Waals surface area contributed by atoms with E-state index in [2.05, 4.69) is 18.9 Å². The van der Waals surface area contributed by atoms with Crippen LogP contribution >= 0.6 is 0 Å². The summed E-state index contributed by atoms with van der Waals surface area (Å²) in [5, 5.41) is 3.97. The summed E-state index contributed by atoms with van der Waals surface area (Å²) in [4.78, 5) is 11.7. The van der Waals surface area contributed by atoms with Gasteiger partial charge in [0.2, 0.25) is 5.91 Å². The second-order valence-corrected chi connectivity index (χ2v) is 4.22. The number of nitrogens with two attached hydrogens (primary N) is 1. The zero-order chi connectivity index (χ0) is 10.6. The molecule has 1 saturated heterocycles. The lowest BCUT2D eigenvalue weighted by Gasteiger charge is -2.39. The van der Waals surface area contributed by atoms with Gasteiger partial charge in [-0.3, -0.25) is 9.80 Å². The quantitative estimate of drug-likeness (QED) is 0.715. The molecule has 0 bridgehead atoms. The van der Waals surface area contributed by atoms with Gasteiger partial charge in [-0.1, -0.05) is 13.8 Å². The molecule has 0 atom stereocenters. The molecule has 0 aromatic carbocycles. The fourth-order valence-corrected chi connectivity index (χ4v) is 1.76. The molecule has 1 fully saturated rings. The van der Waals surface area contributed by atoms with E-state index in [1.54, 1.807) is 0 Å². The Morgan fingerprint density at radius 1 is 1.50 bits per heavy atom.